The minimum absolute atomic E-state index is 0.756. The number of hydrogen-bond acceptors (Lipinski definition) is 2. The Hall–Kier alpha value is -2.29. The molecule has 3 aromatic rings. The first-order valence-corrected chi connectivity index (χ1v) is 5.06. The fourth-order valence-corrected chi connectivity index (χ4v) is 1.62. The number of furan rings is 1. The molecular weight excluding hydrogens is 200 g/mol. The Kier molecular flexibility index (Phi) is 2.07. The van der Waals surface area contributed by atoms with Gasteiger partial charge >= 0.3 is 0 Å². The highest BCUT2D eigenvalue weighted by Crippen LogP contribution is 2.19. The Morgan fingerprint density at radius 3 is 3.06 bits per heavy atom. The Bertz CT molecular complexity index is 620. The van der Waals surface area contributed by atoms with Gasteiger partial charge in [-0.3, -0.25) is 4.99 Å². The molecule has 2 aromatic heterocycles. The number of benzene rings is 1. The van der Waals surface area contributed by atoms with E-state index in [0.29, 0.717) is 0 Å². The average molecular weight is 210 g/mol. The highest BCUT2D eigenvalue weighted by atomic mass is 16.3. The van der Waals surface area contributed by atoms with Gasteiger partial charge in [0.15, 0.2) is 0 Å². The Morgan fingerprint density at radius 2 is 2.19 bits per heavy atom. The van der Waals surface area contributed by atoms with Gasteiger partial charge in [-0.2, -0.15) is 0 Å². The number of H-pyrrole nitrogens is 1. The van der Waals surface area contributed by atoms with Crippen molar-refractivity contribution < 1.29 is 4.42 Å². The van der Waals surface area contributed by atoms with Crippen molar-refractivity contribution in [2.75, 3.05) is 0 Å². The van der Waals surface area contributed by atoms with E-state index in [0.717, 1.165) is 17.0 Å². The van der Waals surface area contributed by atoms with Gasteiger partial charge in [-0.1, -0.05) is 6.07 Å². The number of nitrogens with zero attached hydrogens (tertiary/aromatic N) is 1. The van der Waals surface area contributed by atoms with Crippen LogP contribution in [0.1, 0.15) is 5.76 Å². The topological polar surface area (TPSA) is 41.3 Å². The summed E-state index contributed by atoms with van der Waals surface area (Å²) in [6.45, 7) is 0. The molecule has 0 radical (unpaired) electrons. The van der Waals surface area contributed by atoms with Crippen LogP contribution >= 0.6 is 0 Å². The highest BCUT2D eigenvalue weighted by molar-refractivity contribution is 5.84. The zero-order chi connectivity index (χ0) is 10.8. The van der Waals surface area contributed by atoms with Crippen LogP contribution in [0.4, 0.5) is 5.69 Å². The van der Waals surface area contributed by atoms with Crippen LogP contribution in [0.15, 0.2) is 58.3 Å². The van der Waals surface area contributed by atoms with Crippen molar-refractivity contribution in [1.29, 1.82) is 0 Å². The van der Waals surface area contributed by atoms with Crippen LogP contribution in [0, 0.1) is 0 Å². The molecule has 0 aliphatic heterocycles. The summed E-state index contributed by atoms with van der Waals surface area (Å²) >= 11 is 0. The van der Waals surface area contributed by atoms with E-state index in [4.69, 9.17) is 4.42 Å². The van der Waals surface area contributed by atoms with Gasteiger partial charge in [-0.05, 0) is 35.7 Å². The second-order valence-corrected chi connectivity index (χ2v) is 3.52. The van der Waals surface area contributed by atoms with Crippen LogP contribution < -0.4 is 0 Å². The van der Waals surface area contributed by atoms with Gasteiger partial charge < -0.3 is 9.40 Å². The van der Waals surface area contributed by atoms with E-state index in [9.17, 15) is 0 Å². The summed E-state index contributed by atoms with van der Waals surface area (Å²) in [5.41, 5.74) is 2.00. The van der Waals surface area contributed by atoms with Crippen LogP contribution in [0.3, 0.4) is 0 Å². The van der Waals surface area contributed by atoms with Crippen LogP contribution in [0.25, 0.3) is 10.9 Å². The largest absolute Gasteiger partial charge is 0.463 e. The quantitative estimate of drug-likeness (QED) is 0.646. The summed E-state index contributed by atoms with van der Waals surface area (Å²) in [5.74, 6) is 0.756. The zero-order valence-corrected chi connectivity index (χ0v) is 8.55. The number of aliphatic imine (C=N–C) groups is 1. The summed E-state index contributed by atoms with van der Waals surface area (Å²) < 4.78 is 5.17. The molecule has 0 amide bonds. The number of aromatic nitrogens is 1. The maximum absolute atomic E-state index is 5.17. The molecule has 0 unspecified atom stereocenters. The molecule has 1 N–H and O–H groups in total. The molecule has 0 spiro atoms. The third-order valence-corrected chi connectivity index (χ3v) is 2.42. The third-order valence-electron chi connectivity index (χ3n) is 2.42. The maximum atomic E-state index is 5.17. The van der Waals surface area contributed by atoms with Crippen molar-refractivity contribution in [2.45, 2.75) is 0 Å². The van der Waals surface area contributed by atoms with E-state index >= 15 is 0 Å². The molecule has 3 rings (SSSR count). The molecule has 2 heterocycles. The summed E-state index contributed by atoms with van der Waals surface area (Å²) in [7, 11) is 0. The number of fused-ring (bicyclic) bond motifs is 1. The lowest BCUT2D eigenvalue weighted by molar-refractivity contribution is 0.560. The Labute approximate surface area is 92.4 Å². The molecule has 1 aromatic carbocycles. The fourth-order valence-electron chi connectivity index (χ4n) is 1.62. The molecule has 16 heavy (non-hydrogen) atoms. The van der Waals surface area contributed by atoms with Crippen molar-refractivity contribution in [3.63, 3.8) is 0 Å². The van der Waals surface area contributed by atoms with E-state index < -0.39 is 0 Å². The Morgan fingerprint density at radius 1 is 1.19 bits per heavy atom. The SMILES string of the molecule is C(=Nc1ccc2cc[nH]c2c1)c1ccco1. The van der Waals surface area contributed by atoms with E-state index in [1.165, 1.54) is 5.39 Å². The molecule has 0 aliphatic rings. The lowest BCUT2D eigenvalue weighted by Crippen LogP contribution is -1.74. The van der Waals surface area contributed by atoms with E-state index in [1.807, 2.05) is 42.6 Å². The minimum Gasteiger partial charge on any atom is -0.463 e. The summed E-state index contributed by atoms with van der Waals surface area (Å²) in [6.07, 6.45) is 5.27. The zero-order valence-electron chi connectivity index (χ0n) is 8.55. The second kappa shape index (κ2) is 3.70. The van der Waals surface area contributed by atoms with Crippen molar-refractivity contribution in [3.8, 4) is 0 Å². The first kappa shape index (κ1) is 8.97. The molecule has 3 nitrogen and oxygen atoms in total. The molecule has 0 bridgehead atoms. The second-order valence-electron chi connectivity index (χ2n) is 3.52. The smallest absolute Gasteiger partial charge is 0.144 e. The van der Waals surface area contributed by atoms with Crippen LogP contribution in [0.5, 0.6) is 0 Å². The summed E-state index contributed by atoms with van der Waals surface area (Å²) in [4.78, 5) is 7.50. The van der Waals surface area contributed by atoms with Gasteiger partial charge in [-0.25, -0.2) is 0 Å². The van der Waals surface area contributed by atoms with Gasteiger partial charge in [0.25, 0.3) is 0 Å². The van der Waals surface area contributed by atoms with E-state index in [1.54, 1.807) is 12.5 Å². The van der Waals surface area contributed by atoms with Crippen molar-refractivity contribution >= 4 is 22.8 Å². The average Bonchev–Trinajstić information content (AvgIpc) is 2.97. The molecule has 0 saturated heterocycles. The molecule has 0 saturated carbocycles. The fraction of sp³-hybridized carbons (Fsp3) is 0. The first-order valence-electron chi connectivity index (χ1n) is 5.06. The molecule has 78 valence electrons. The van der Waals surface area contributed by atoms with E-state index in [2.05, 4.69) is 9.98 Å². The number of hydrogen-bond donors (Lipinski definition) is 1. The third kappa shape index (κ3) is 1.63. The Balaban J connectivity index is 1.94. The van der Waals surface area contributed by atoms with Gasteiger partial charge in [0, 0.05) is 11.7 Å². The molecular formula is C13H10N2O. The van der Waals surface area contributed by atoms with Crippen LogP contribution in [-0.2, 0) is 0 Å². The van der Waals surface area contributed by atoms with Crippen LogP contribution in [0.2, 0.25) is 0 Å². The van der Waals surface area contributed by atoms with Gasteiger partial charge in [0.05, 0.1) is 18.2 Å². The van der Waals surface area contributed by atoms with Crippen molar-refractivity contribution in [1.82, 2.24) is 4.98 Å². The molecule has 3 heteroatoms. The minimum atomic E-state index is 0.756. The summed E-state index contributed by atoms with van der Waals surface area (Å²) in [6, 6.07) is 11.8. The maximum Gasteiger partial charge on any atom is 0.144 e. The van der Waals surface area contributed by atoms with Crippen molar-refractivity contribution in [2.24, 2.45) is 4.99 Å². The molecule has 0 atom stereocenters. The lowest BCUT2D eigenvalue weighted by Gasteiger charge is -1.93. The molecule has 0 aliphatic carbocycles. The normalized spacial score (nSPS) is 11.5. The first-order chi connectivity index (χ1) is 7.92. The molecule has 0 fully saturated rings. The highest BCUT2D eigenvalue weighted by Gasteiger charge is 1.95. The summed E-state index contributed by atoms with van der Waals surface area (Å²) in [5, 5.41) is 1.19. The number of aromatic amines is 1. The van der Waals surface area contributed by atoms with Crippen molar-refractivity contribution in [3.05, 3.63) is 54.6 Å². The monoisotopic (exact) mass is 210 g/mol. The lowest BCUT2D eigenvalue weighted by atomic mass is 10.2. The number of nitrogens with one attached hydrogen (secondary N) is 1. The van der Waals surface area contributed by atoms with Gasteiger partial charge in [0.1, 0.15) is 5.76 Å². The van der Waals surface area contributed by atoms with Crippen LogP contribution in [-0.4, -0.2) is 11.2 Å². The predicted octanol–water partition coefficient (Wildman–Crippen LogP) is 3.51. The number of rotatable bonds is 2. The predicted molar refractivity (Wildman–Crippen MR) is 64.3 cm³/mol. The van der Waals surface area contributed by atoms with Gasteiger partial charge in [-0.15, -0.1) is 0 Å². The van der Waals surface area contributed by atoms with E-state index in [-0.39, 0.29) is 0 Å². The standard InChI is InChI=1S/C13H10N2O/c1-2-12(16-7-1)9-15-11-4-3-10-5-6-14-13(10)8-11/h1-9,14H. The van der Waals surface area contributed by atoms with Gasteiger partial charge in [0.2, 0.25) is 0 Å².